The SMILES string of the molecule is O=S(=O)(O/N=C1\Cc2cccc(N3CCOCC3)c21)c1ccc(Cl)cc1. The molecule has 6 nitrogen and oxygen atoms in total. The number of anilines is 1. The van der Waals surface area contributed by atoms with E-state index in [0.717, 1.165) is 29.9 Å². The average molecular weight is 393 g/mol. The van der Waals surface area contributed by atoms with Gasteiger partial charge in [0, 0.05) is 35.8 Å². The summed E-state index contributed by atoms with van der Waals surface area (Å²) in [5, 5.41) is 4.39. The Labute approximate surface area is 157 Å². The van der Waals surface area contributed by atoms with Crippen LogP contribution in [0.4, 0.5) is 5.69 Å². The third-order valence-corrected chi connectivity index (χ3v) is 5.85. The van der Waals surface area contributed by atoms with Crippen molar-refractivity contribution in [1.82, 2.24) is 0 Å². The van der Waals surface area contributed by atoms with Crippen molar-refractivity contribution in [2.24, 2.45) is 5.16 Å². The standard InChI is InChI=1S/C18H17ClN2O4S/c19-14-4-6-15(7-5-14)26(22,23)25-20-16-12-13-2-1-3-17(18(13)16)21-8-10-24-11-9-21/h1-7H,8-12H2/b20-16+. The van der Waals surface area contributed by atoms with Crippen LogP contribution in [0.1, 0.15) is 11.1 Å². The summed E-state index contributed by atoms with van der Waals surface area (Å²) >= 11 is 5.79. The van der Waals surface area contributed by atoms with E-state index in [-0.39, 0.29) is 4.90 Å². The lowest BCUT2D eigenvalue weighted by Gasteiger charge is -2.34. The van der Waals surface area contributed by atoms with Gasteiger partial charge in [-0.25, -0.2) is 0 Å². The molecule has 0 saturated carbocycles. The van der Waals surface area contributed by atoms with Crippen LogP contribution in [0.15, 0.2) is 52.5 Å². The number of hydrogen-bond donors (Lipinski definition) is 0. The Kier molecular flexibility index (Phi) is 4.60. The molecule has 1 saturated heterocycles. The third-order valence-electron chi connectivity index (χ3n) is 4.47. The van der Waals surface area contributed by atoms with Crippen molar-refractivity contribution in [3.8, 4) is 0 Å². The van der Waals surface area contributed by atoms with Crippen LogP contribution in [0.5, 0.6) is 0 Å². The molecule has 0 unspecified atom stereocenters. The number of hydrogen-bond acceptors (Lipinski definition) is 6. The van der Waals surface area contributed by atoms with Crippen molar-refractivity contribution >= 4 is 33.1 Å². The van der Waals surface area contributed by atoms with Gasteiger partial charge in [0.2, 0.25) is 0 Å². The van der Waals surface area contributed by atoms with Crippen LogP contribution >= 0.6 is 11.6 Å². The summed E-state index contributed by atoms with van der Waals surface area (Å²) in [7, 11) is -3.97. The third kappa shape index (κ3) is 3.30. The highest BCUT2D eigenvalue weighted by Gasteiger charge is 2.29. The molecule has 1 aliphatic heterocycles. The minimum absolute atomic E-state index is 0.0206. The van der Waals surface area contributed by atoms with E-state index in [2.05, 4.69) is 10.1 Å². The molecule has 136 valence electrons. The van der Waals surface area contributed by atoms with Crippen LogP contribution in [0.25, 0.3) is 0 Å². The summed E-state index contributed by atoms with van der Waals surface area (Å²) in [6.07, 6.45) is 0.587. The Morgan fingerprint density at radius 2 is 1.81 bits per heavy atom. The van der Waals surface area contributed by atoms with E-state index >= 15 is 0 Å². The topological polar surface area (TPSA) is 68.2 Å². The number of morpholine rings is 1. The number of oxime groups is 1. The maximum atomic E-state index is 12.3. The van der Waals surface area contributed by atoms with Crippen molar-refractivity contribution in [2.75, 3.05) is 31.2 Å². The van der Waals surface area contributed by atoms with Crippen LogP contribution in [0.2, 0.25) is 5.02 Å². The molecule has 0 atom stereocenters. The van der Waals surface area contributed by atoms with Crippen molar-refractivity contribution < 1.29 is 17.4 Å². The van der Waals surface area contributed by atoms with Gasteiger partial charge in [-0.2, -0.15) is 8.42 Å². The molecule has 0 N–H and O–H groups in total. The highest BCUT2D eigenvalue weighted by atomic mass is 35.5. The summed E-state index contributed by atoms with van der Waals surface area (Å²) in [6, 6.07) is 11.8. The molecule has 0 amide bonds. The van der Waals surface area contributed by atoms with Crippen molar-refractivity contribution in [1.29, 1.82) is 0 Å². The van der Waals surface area contributed by atoms with Gasteiger partial charge in [-0.3, -0.25) is 4.28 Å². The van der Waals surface area contributed by atoms with Crippen LogP contribution in [-0.2, 0) is 25.6 Å². The molecule has 2 aromatic carbocycles. The molecule has 4 rings (SSSR count). The van der Waals surface area contributed by atoms with Crippen molar-refractivity contribution in [3.63, 3.8) is 0 Å². The van der Waals surface area contributed by atoms with Crippen LogP contribution in [0, 0.1) is 0 Å². The van der Waals surface area contributed by atoms with E-state index in [1.54, 1.807) is 0 Å². The van der Waals surface area contributed by atoms with Crippen molar-refractivity contribution in [3.05, 3.63) is 58.6 Å². The number of benzene rings is 2. The van der Waals surface area contributed by atoms with Crippen LogP contribution in [0.3, 0.4) is 0 Å². The van der Waals surface area contributed by atoms with Gasteiger partial charge < -0.3 is 9.64 Å². The molecule has 1 fully saturated rings. The minimum Gasteiger partial charge on any atom is -0.378 e. The maximum Gasteiger partial charge on any atom is 0.358 e. The van der Waals surface area contributed by atoms with E-state index in [1.165, 1.54) is 24.3 Å². The predicted octanol–water partition coefficient (Wildman–Crippen LogP) is 2.84. The first-order chi connectivity index (χ1) is 12.5. The molecule has 8 heteroatoms. The number of ether oxygens (including phenoxy) is 1. The Balaban J connectivity index is 1.58. The number of nitrogens with zero attached hydrogens (tertiary/aromatic N) is 2. The molecule has 1 heterocycles. The molecular formula is C18H17ClN2O4S. The van der Waals surface area contributed by atoms with Gasteiger partial charge in [-0.1, -0.05) is 28.9 Å². The monoisotopic (exact) mass is 392 g/mol. The number of fused-ring (bicyclic) bond motifs is 1. The Morgan fingerprint density at radius 3 is 2.54 bits per heavy atom. The van der Waals surface area contributed by atoms with Gasteiger partial charge in [0.1, 0.15) is 4.90 Å². The van der Waals surface area contributed by atoms with Crippen LogP contribution in [-0.4, -0.2) is 40.4 Å². The number of halogens is 1. The van der Waals surface area contributed by atoms with E-state index < -0.39 is 10.1 Å². The lowest BCUT2D eigenvalue weighted by Crippen LogP contribution is -2.38. The average Bonchev–Trinajstić information content (AvgIpc) is 2.63. The zero-order valence-electron chi connectivity index (χ0n) is 13.9. The predicted molar refractivity (Wildman–Crippen MR) is 99.4 cm³/mol. The maximum absolute atomic E-state index is 12.3. The summed E-state index contributed by atoms with van der Waals surface area (Å²) in [5.74, 6) is 0. The van der Waals surface area contributed by atoms with Gasteiger partial charge in [0.25, 0.3) is 0 Å². The quantitative estimate of drug-likeness (QED) is 0.748. The van der Waals surface area contributed by atoms with Gasteiger partial charge in [0.15, 0.2) is 0 Å². The summed E-state index contributed by atoms with van der Waals surface area (Å²) in [4.78, 5) is 2.25. The van der Waals surface area contributed by atoms with Crippen LogP contribution < -0.4 is 4.90 Å². The van der Waals surface area contributed by atoms with Gasteiger partial charge in [-0.05, 0) is 35.9 Å². The Morgan fingerprint density at radius 1 is 1.08 bits per heavy atom. The molecule has 1 aliphatic carbocycles. The molecular weight excluding hydrogens is 376 g/mol. The molecule has 2 aromatic rings. The Hall–Kier alpha value is -2.09. The molecule has 2 aliphatic rings. The van der Waals surface area contributed by atoms with E-state index in [9.17, 15) is 8.42 Å². The fourth-order valence-corrected chi connectivity index (χ4v) is 3.98. The van der Waals surface area contributed by atoms with Crippen molar-refractivity contribution in [2.45, 2.75) is 11.3 Å². The molecule has 0 radical (unpaired) electrons. The zero-order valence-corrected chi connectivity index (χ0v) is 15.5. The van der Waals surface area contributed by atoms with Gasteiger partial charge in [-0.15, -0.1) is 0 Å². The van der Waals surface area contributed by atoms with E-state index in [4.69, 9.17) is 20.6 Å². The molecule has 26 heavy (non-hydrogen) atoms. The zero-order chi connectivity index (χ0) is 18.1. The minimum atomic E-state index is -3.97. The fourth-order valence-electron chi connectivity index (χ4n) is 3.11. The van der Waals surface area contributed by atoms with Gasteiger partial charge in [0.05, 0.1) is 18.9 Å². The molecule has 0 spiro atoms. The molecule has 0 aromatic heterocycles. The highest BCUT2D eigenvalue weighted by Crippen LogP contribution is 2.34. The fraction of sp³-hybridized carbons (Fsp3) is 0.278. The second-order valence-electron chi connectivity index (χ2n) is 6.11. The Bertz CT molecular complexity index is 952. The second-order valence-corrected chi connectivity index (χ2v) is 8.07. The van der Waals surface area contributed by atoms with E-state index in [0.29, 0.717) is 30.4 Å². The first-order valence-electron chi connectivity index (χ1n) is 8.26. The number of rotatable bonds is 4. The normalized spacial score (nSPS) is 18.3. The lowest BCUT2D eigenvalue weighted by atomic mass is 9.84. The first kappa shape index (κ1) is 17.3. The first-order valence-corrected chi connectivity index (χ1v) is 10.0. The summed E-state index contributed by atoms with van der Waals surface area (Å²) in [5.41, 5.74) is 3.78. The smallest absolute Gasteiger partial charge is 0.358 e. The summed E-state index contributed by atoms with van der Waals surface area (Å²) < 4.78 is 34.9. The van der Waals surface area contributed by atoms with E-state index in [1.807, 2.05) is 18.2 Å². The summed E-state index contributed by atoms with van der Waals surface area (Å²) in [6.45, 7) is 2.95. The lowest BCUT2D eigenvalue weighted by molar-refractivity contribution is 0.122. The second kappa shape index (κ2) is 6.90. The van der Waals surface area contributed by atoms with Gasteiger partial charge >= 0.3 is 10.1 Å². The largest absolute Gasteiger partial charge is 0.378 e. The molecule has 0 bridgehead atoms. The highest BCUT2D eigenvalue weighted by molar-refractivity contribution is 7.86.